The lowest BCUT2D eigenvalue weighted by Crippen LogP contribution is -2.26. The number of nitrogens with one attached hydrogen (secondary N) is 1. The van der Waals surface area contributed by atoms with Crippen molar-refractivity contribution in [1.82, 2.24) is 4.72 Å². The van der Waals surface area contributed by atoms with Crippen molar-refractivity contribution in [3.8, 4) is 5.75 Å². The van der Waals surface area contributed by atoms with E-state index in [2.05, 4.69) is 4.72 Å². The van der Waals surface area contributed by atoms with Gasteiger partial charge in [0.25, 0.3) is 0 Å². The molecule has 136 valence electrons. The molecular weight excluding hydrogens is 386 g/mol. The van der Waals surface area contributed by atoms with Gasteiger partial charge in [0.05, 0.1) is 19.6 Å². The van der Waals surface area contributed by atoms with Crippen molar-refractivity contribution in [2.24, 2.45) is 0 Å². The number of carbonyl (C=O) groups excluding carboxylic acids is 1. The molecule has 2 aromatic rings. The van der Waals surface area contributed by atoms with Gasteiger partial charge >= 0.3 is 5.97 Å². The first kappa shape index (κ1) is 19.7. The maximum atomic E-state index is 11.9. The van der Waals surface area contributed by atoms with Crippen LogP contribution >= 0.6 is 22.9 Å². The van der Waals surface area contributed by atoms with Crippen LogP contribution in [0.15, 0.2) is 46.0 Å². The Morgan fingerprint density at radius 2 is 1.92 bits per heavy atom. The van der Waals surface area contributed by atoms with E-state index in [1.54, 1.807) is 35.7 Å². The molecule has 0 unspecified atom stereocenters. The number of rotatable bonds is 10. The van der Waals surface area contributed by atoms with Gasteiger partial charge < -0.3 is 9.47 Å². The number of benzene rings is 1. The highest BCUT2D eigenvalue weighted by molar-refractivity contribution is 7.91. The largest absolute Gasteiger partial charge is 0.493 e. The molecule has 9 heteroatoms. The van der Waals surface area contributed by atoms with Crippen LogP contribution in [0.1, 0.15) is 12.8 Å². The van der Waals surface area contributed by atoms with Crippen LogP contribution in [0, 0.1) is 0 Å². The molecule has 0 aliphatic rings. The first-order valence-corrected chi connectivity index (χ1v) is 10.3. The summed E-state index contributed by atoms with van der Waals surface area (Å²) >= 11 is 6.89. The van der Waals surface area contributed by atoms with E-state index < -0.39 is 16.0 Å². The van der Waals surface area contributed by atoms with E-state index in [0.717, 1.165) is 11.3 Å². The summed E-state index contributed by atoms with van der Waals surface area (Å²) in [6, 6.07) is 10.1. The predicted molar refractivity (Wildman–Crippen MR) is 96.6 cm³/mol. The number of thiophene rings is 1. The zero-order chi connectivity index (χ0) is 18.1. The molecule has 1 N–H and O–H groups in total. The fraction of sp³-hybridized carbons (Fsp3) is 0.312. The smallest absolute Gasteiger partial charge is 0.307 e. The second-order valence-corrected chi connectivity index (χ2v) is 8.33. The van der Waals surface area contributed by atoms with E-state index in [4.69, 9.17) is 21.1 Å². The number of ether oxygens (including phenoxy) is 2. The number of sulfonamides is 1. The SMILES string of the molecule is O=C(CCNS(=O)(=O)c1cccs1)OCCCOc1ccc(Cl)cc1. The van der Waals surface area contributed by atoms with Crippen LogP contribution in [-0.2, 0) is 19.6 Å². The topological polar surface area (TPSA) is 81.7 Å². The van der Waals surface area contributed by atoms with Crippen molar-refractivity contribution in [2.45, 2.75) is 17.1 Å². The Hall–Kier alpha value is -1.61. The fourth-order valence-corrected chi connectivity index (χ4v) is 4.01. The van der Waals surface area contributed by atoms with Crippen molar-refractivity contribution < 1.29 is 22.7 Å². The summed E-state index contributed by atoms with van der Waals surface area (Å²) in [5, 5.41) is 2.31. The molecule has 1 aromatic heterocycles. The highest BCUT2D eigenvalue weighted by Gasteiger charge is 2.15. The van der Waals surface area contributed by atoms with Crippen molar-refractivity contribution in [2.75, 3.05) is 19.8 Å². The highest BCUT2D eigenvalue weighted by Crippen LogP contribution is 2.16. The van der Waals surface area contributed by atoms with Crippen molar-refractivity contribution in [3.05, 3.63) is 46.8 Å². The van der Waals surface area contributed by atoms with Crippen LogP contribution in [-0.4, -0.2) is 34.1 Å². The van der Waals surface area contributed by atoms with E-state index in [1.165, 1.54) is 6.07 Å². The molecule has 25 heavy (non-hydrogen) atoms. The zero-order valence-electron chi connectivity index (χ0n) is 13.3. The van der Waals surface area contributed by atoms with Gasteiger partial charge in [0, 0.05) is 18.0 Å². The van der Waals surface area contributed by atoms with Crippen LogP contribution in [0.25, 0.3) is 0 Å². The van der Waals surface area contributed by atoms with Crippen LogP contribution < -0.4 is 9.46 Å². The van der Waals surface area contributed by atoms with E-state index in [0.29, 0.717) is 23.8 Å². The summed E-state index contributed by atoms with van der Waals surface area (Å²) in [5.41, 5.74) is 0. The first-order chi connectivity index (χ1) is 12.0. The zero-order valence-corrected chi connectivity index (χ0v) is 15.7. The Bertz CT molecular complexity index is 760. The van der Waals surface area contributed by atoms with Gasteiger partial charge in [-0.3, -0.25) is 4.79 Å². The van der Waals surface area contributed by atoms with Gasteiger partial charge in [0.15, 0.2) is 0 Å². The average Bonchev–Trinajstić information content (AvgIpc) is 3.11. The van der Waals surface area contributed by atoms with Gasteiger partial charge in [0.2, 0.25) is 10.0 Å². The molecule has 0 aliphatic carbocycles. The summed E-state index contributed by atoms with van der Waals surface area (Å²) in [6.45, 7) is 0.615. The number of halogens is 1. The van der Waals surface area contributed by atoms with Crippen LogP contribution in [0.3, 0.4) is 0 Å². The van der Waals surface area contributed by atoms with E-state index in [1.807, 2.05) is 0 Å². The summed E-state index contributed by atoms with van der Waals surface area (Å²) in [5.74, 6) is 0.235. The summed E-state index contributed by atoms with van der Waals surface area (Å²) < 4.78 is 36.8. The molecule has 0 spiro atoms. The molecule has 0 radical (unpaired) electrons. The van der Waals surface area contributed by atoms with Crippen molar-refractivity contribution >= 4 is 38.9 Å². The predicted octanol–water partition coefficient (Wildman–Crippen LogP) is 3.08. The Morgan fingerprint density at radius 1 is 1.16 bits per heavy atom. The van der Waals surface area contributed by atoms with E-state index in [9.17, 15) is 13.2 Å². The molecule has 1 heterocycles. The average molecular weight is 404 g/mol. The maximum absolute atomic E-state index is 11.9. The molecule has 6 nitrogen and oxygen atoms in total. The third kappa shape index (κ3) is 7.03. The van der Waals surface area contributed by atoms with E-state index >= 15 is 0 Å². The highest BCUT2D eigenvalue weighted by atomic mass is 35.5. The molecule has 0 bridgehead atoms. The van der Waals surface area contributed by atoms with Gasteiger partial charge in [-0.05, 0) is 35.7 Å². The number of hydrogen-bond donors (Lipinski definition) is 1. The minimum Gasteiger partial charge on any atom is -0.493 e. The molecule has 0 amide bonds. The summed E-state index contributed by atoms with van der Waals surface area (Å²) in [7, 11) is -3.54. The van der Waals surface area contributed by atoms with Gasteiger partial charge in [-0.1, -0.05) is 17.7 Å². The molecule has 0 atom stereocenters. The molecule has 0 aliphatic heterocycles. The molecular formula is C16H18ClNO5S2. The normalized spacial score (nSPS) is 11.2. The van der Waals surface area contributed by atoms with Crippen molar-refractivity contribution in [1.29, 1.82) is 0 Å². The lowest BCUT2D eigenvalue weighted by Gasteiger charge is -2.08. The fourth-order valence-electron chi connectivity index (χ4n) is 1.81. The quantitative estimate of drug-likeness (QED) is 0.487. The molecule has 0 fully saturated rings. The maximum Gasteiger partial charge on any atom is 0.307 e. The lowest BCUT2D eigenvalue weighted by molar-refractivity contribution is -0.143. The lowest BCUT2D eigenvalue weighted by atomic mass is 10.3. The number of carbonyl (C=O) groups is 1. The Morgan fingerprint density at radius 3 is 2.60 bits per heavy atom. The van der Waals surface area contributed by atoms with Gasteiger partial charge in [0.1, 0.15) is 9.96 Å². The van der Waals surface area contributed by atoms with Crippen molar-refractivity contribution in [3.63, 3.8) is 0 Å². The Labute approximate surface area is 155 Å². The van der Waals surface area contributed by atoms with Gasteiger partial charge in [-0.2, -0.15) is 0 Å². The standard InChI is InChI=1S/C16H18ClNO5S2/c17-13-4-6-14(7-5-13)22-10-2-11-23-15(19)8-9-18-25(20,21)16-3-1-12-24-16/h1,3-7,12,18H,2,8-11H2. The minimum absolute atomic E-state index is 0.000339. The third-order valence-corrected chi connectivity index (χ3v) is 6.13. The van der Waals surface area contributed by atoms with Crippen LogP contribution in [0.2, 0.25) is 5.02 Å². The summed E-state index contributed by atoms with van der Waals surface area (Å²) in [4.78, 5) is 11.6. The molecule has 1 aromatic carbocycles. The molecule has 0 saturated carbocycles. The van der Waals surface area contributed by atoms with Gasteiger partial charge in [-0.25, -0.2) is 13.1 Å². The number of hydrogen-bond acceptors (Lipinski definition) is 6. The molecule has 0 saturated heterocycles. The minimum atomic E-state index is -3.54. The monoisotopic (exact) mass is 403 g/mol. The van der Waals surface area contributed by atoms with E-state index in [-0.39, 0.29) is 23.8 Å². The molecule has 2 rings (SSSR count). The van der Waals surface area contributed by atoms with Crippen LogP contribution in [0.4, 0.5) is 0 Å². The first-order valence-electron chi connectivity index (χ1n) is 7.54. The number of esters is 1. The van der Waals surface area contributed by atoms with Gasteiger partial charge in [-0.15, -0.1) is 11.3 Å². The van der Waals surface area contributed by atoms with Crippen LogP contribution in [0.5, 0.6) is 5.75 Å². The Balaban J connectivity index is 1.56. The Kier molecular flexibility index (Phi) is 7.70. The third-order valence-electron chi connectivity index (χ3n) is 3.02. The second-order valence-electron chi connectivity index (χ2n) is 4.96. The summed E-state index contributed by atoms with van der Waals surface area (Å²) in [6.07, 6.45) is 0.512. The second kappa shape index (κ2) is 9.76.